The lowest BCUT2D eigenvalue weighted by molar-refractivity contribution is 0.341. The molecule has 0 radical (unpaired) electrons. The van der Waals surface area contributed by atoms with Gasteiger partial charge in [0.05, 0.1) is 0 Å². The maximum atomic E-state index is 2.41. The molecular formula is C20H21N. The van der Waals surface area contributed by atoms with E-state index < -0.39 is 0 Å². The number of fused-ring (bicyclic) bond motifs is 3. The zero-order valence-electron chi connectivity index (χ0n) is 12.9. The molecule has 1 nitrogen and oxygen atoms in total. The van der Waals surface area contributed by atoms with Crippen molar-refractivity contribution in [3.63, 3.8) is 0 Å². The van der Waals surface area contributed by atoms with Gasteiger partial charge in [-0.15, -0.1) is 0 Å². The van der Waals surface area contributed by atoms with Crippen molar-refractivity contribution < 1.29 is 0 Å². The topological polar surface area (TPSA) is 4.93 Å². The Kier molecular flexibility index (Phi) is 2.56. The number of rotatable bonds is 1. The Morgan fingerprint density at radius 1 is 0.952 bits per heavy atom. The average molecular weight is 275 g/mol. The van der Waals surface area contributed by atoms with Gasteiger partial charge < -0.3 is 4.57 Å². The molecule has 0 saturated heterocycles. The summed E-state index contributed by atoms with van der Waals surface area (Å²) in [6.45, 7) is 4.80. The molecule has 1 heteroatoms. The molecule has 0 aliphatic heterocycles. The van der Waals surface area contributed by atoms with Crippen LogP contribution in [-0.4, -0.2) is 4.57 Å². The Hall–Kier alpha value is -2.02. The quantitative estimate of drug-likeness (QED) is 0.595. The average Bonchev–Trinajstić information content (AvgIpc) is 2.91. The third-order valence-corrected chi connectivity index (χ3v) is 5.08. The van der Waals surface area contributed by atoms with Crippen LogP contribution in [0, 0.1) is 5.41 Å². The number of nitrogens with zero attached hydrogens (tertiary/aromatic N) is 1. The minimum Gasteiger partial charge on any atom is -0.347 e. The van der Waals surface area contributed by atoms with Gasteiger partial charge in [0.2, 0.25) is 0 Å². The molecule has 1 aliphatic rings. The number of para-hydroxylation sites is 1. The van der Waals surface area contributed by atoms with Crippen LogP contribution in [-0.2, 0) is 13.5 Å². The fourth-order valence-electron chi connectivity index (χ4n) is 4.23. The van der Waals surface area contributed by atoms with Gasteiger partial charge in [-0.25, -0.2) is 0 Å². The van der Waals surface area contributed by atoms with Crippen LogP contribution in [0.3, 0.4) is 0 Å². The van der Waals surface area contributed by atoms with E-state index in [0.29, 0.717) is 5.92 Å². The number of hydrogen-bond acceptors (Lipinski definition) is 0. The molecule has 1 aromatic heterocycles. The fourth-order valence-corrected chi connectivity index (χ4v) is 4.23. The molecule has 106 valence electrons. The van der Waals surface area contributed by atoms with Crippen LogP contribution in [0.15, 0.2) is 54.6 Å². The highest BCUT2D eigenvalue weighted by atomic mass is 15.0. The second-order valence-corrected chi connectivity index (χ2v) is 6.95. The van der Waals surface area contributed by atoms with Crippen molar-refractivity contribution >= 4 is 10.9 Å². The van der Waals surface area contributed by atoms with Crippen LogP contribution in [0.25, 0.3) is 10.9 Å². The van der Waals surface area contributed by atoms with Crippen molar-refractivity contribution in [1.82, 2.24) is 4.57 Å². The van der Waals surface area contributed by atoms with Crippen molar-refractivity contribution in [1.29, 1.82) is 0 Å². The third-order valence-electron chi connectivity index (χ3n) is 5.08. The number of benzene rings is 2. The predicted molar refractivity (Wildman–Crippen MR) is 88.7 cm³/mol. The lowest BCUT2D eigenvalue weighted by atomic mass is 9.76. The Bertz CT molecular complexity index is 808. The summed E-state index contributed by atoms with van der Waals surface area (Å²) in [7, 11) is 2.22. The first kappa shape index (κ1) is 12.7. The second kappa shape index (κ2) is 4.24. The fraction of sp³-hybridized carbons (Fsp3) is 0.300. The molecule has 21 heavy (non-hydrogen) atoms. The van der Waals surface area contributed by atoms with Gasteiger partial charge in [-0.2, -0.15) is 0 Å². The lowest BCUT2D eigenvalue weighted by Crippen LogP contribution is -2.20. The van der Waals surface area contributed by atoms with E-state index in [0.717, 1.165) is 6.42 Å². The molecule has 0 fully saturated rings. The molecule has 0 N–H and O–H groups in total. The maximum Gasteiger partial charge on any atom is 0.0482 e. The summed E-state index contributed by atoms with van der Waals surface area (Å²) in [4.78, 5) is 0. The van der Waals surface area contributed by atoms with Crippen molar-refractivity contribution in [3.05, 3.63) is 71.4 Å². The molecular weight excluding hydrogens is 254 g/mol. The SMILES string of the molecule is Cn1c2c(c3ccccc31)CC(C)(C)C2c1ccccc1. The van der Waals surface area contributed by atoms with Gasteiger partial charge in [0.15, 0.2) is 0 Å². The smallest absolute Gasteiger partial charge is 0.0482 e. The number of aromatic nitrogens is 1. The van der Waals surface area contributed by atoms with Crippen LogP contribution in [0.5, 0.6) is 0 Å². The minimum absolute atomic E-state index is 0.272. The van der Waals surface area contributed by atoms with E-state index in [-0.39, 0.29) is 5.41 Å². The summed E-state index contributed by atoms with van der Waals surface area (Å²) in [5, 5.41) is 1.43. The third kappa shape index (κ3) is 1.70. The number of aryl methyl sites for hydroxylation is 1. The van der Waals surface area contributed by atoms with Gasteiger partial charge in [-0.1, -0.05) is 62.4 Å². The van der Waals surface area contributed by atoms with E-state index in [2.05, 4.69) is 80.1 Å². The molecule has 4 rings (SSSR count). The Labute approximate surface area is 126 Å². The summed E-state index contributed by atoms with van der Waals surface area (Å²) in [6, 6.07) is 19.8. The Morgan fingerprint density at radius 3 is 2.38 bits per heavy atom. The molecule has 1 heterocycles. The zero-order valence-corrected chi connectivity index (χ0v) is 12.9. The molecule has 1 aliphatic carbocycles. The van der Waals surface area contributed by atoms with E-state index in [4.69, 9.17) is 0 Å². The summed E-state index contributed by atoms with van der Waals surface area (Å²) < 4.78 is 2.41. The molecule has 1 unspecified atom stereocenters. The van der Waals surface area contributed by atoms with Crippen molar-refractivity contribution in [2.75, 3.05) is 0 Å². The van der Waals surface area contributed by atoms with Crippen LogP contribution in [0.1, 0.15) is 36.6 Å². The van der Waals surface area contributed by atoms with Gasteiger partial charge in [0, 0.05) is 29.6 Å². The molecule has 0 amide bonds. The molecule has 0 spiro atoms. The Balaban J connectivity index is 2.02. The van der Waals surface area contributed by atoms with E-state index in [1.54, 1.807) is 5.56 Å². The first-order chi connectivity index (χ1) is 10.1. The summed E-state index contributed by atoms with van der Waals surface area (Å²) in [6.07, 6.45) is 1.16. The minimum atomic E-state index is 0.272. The van der Waals surface area contributed by atoms with Gasteiger partial charge in [-0.3, -0.25) is 0 Å². The summed E-state index contributed by atoms with van der Waals surface area (Å²) in [5.74, 6) is 0.478. The molecule has 0 bridgehead atoms. The predicted octanol–water partition coefficient (Wildman–Crippen LogP) is 4.89. The highest BCUT2D eigenvalue weighted by molar-refractivity contribution is 5.87. The highest BCUT2D eigenvalue weighted by Gasteiger charge is 2.43. The van der Waals surface area contributed by atoms with Crippen LogP contribution in [0.2, 0.25) is 0 Å². The normalized spacial score (nSPS) is 19.9. The van der Waals surface area contributed by atoms with Gasteiger partial charge >= 0.3 is 0 Å². The van der Waals surface area contributed by atoms with Crippen LogP contribution >= 0.6 is 0 Å². The first-order valence-corrected chi connectivity index (χ1v) is 7.71. The Morgan fingerprint density at radius 2 is 1.62 bits per heavy atom. The molecule has 1 atom stereocenters. The zero-order chi connectivity index (χ0) is 14.6. The van der Waals surface area contributed by atoms with Crippen molar-refractivity contribution in [2.45, 2.75) is 26.2 Å². The van der Waals surface area contributed by atoms with Crippen LogP contribution in [0.4, 0.5) is 0 Å². The van der Waals surface area contributed by atoms with Crippen LogP contribution < -0.4 is 0 Å². The molecule has 3 aromatic rings. The monoisotopic (exact) mass is 275 g/mol. The standard InChI is InChI=1S/C20H21N/c1-20(2)13-16-15-11-7-8-12-17(15)21(3)19(16)18(20)14-9-5-4-6-10-14/h4-12,18H,13H2,1-3H3. The summed E-state index contributed by atoms with van der Waals surface area (Å²) in [5.41, 5.74) is 6.12. The summed E-state index contributed by atoms with van der Waals surface area (Å²) >= 11 is 0. The highest BCUT2D eigenvalue weighted by Crippen LogP contribution is 2.52. The van der Waals surface area contributed by atoms with E-state index in [1.807, 2.05) is 0 Å². The van der Waals surface area contributed by atoms with Crippen molar-refractivity contribution in [2.24, 2.45) is 12.5 Å². The van der Waals surface area contributed by atoms with E-state index >= 15 is 0 Å². The molecule has 0 saturated carbocycles. The van der Waals surface area contributed by atoms with Gasteiger partial charge in [0.1, 0.15) is 0 Å². The lowest BCUT2D eigenvalue weighted by Gasteiger charge is -2.29. The largest absolute Gasteiger partial charge is 0.347 e. The second-order valence-electron chi connectivity index (χ2n) is 6.95. The van der Waals surface area contributed by atoms with Gasteiger partial charge in [0.25, 0.3) is 0 Å². The van der Waals surface area contributed by atoms with Gasteiger partial charge in [-0.05, 0) is 29.0 Å². The first-order valence-electron chi connectivity index (χ1n) is 7.71. The van der Waals surface area contributed by atoms with E-state index in [9.17, 15) is 0 Å². The van der Waals surface area contributed by atoms with E-state index in [1.165, 1.54) is 22.2 Å². The number of hydrogen-bond donors (Lipinski definition) is 0. The maximum absolute atomic E-state index is 2.41. The van der Waals surface area contributed by atoms with Crippen molar-refractivity contribution in [3.8, 4) is 0 Å². The molecule has 2 aromatic carbocycles.